The number of benzene rings is 2. The van der Waals surface area contributed by atoms with Crippen LogP contribution < -0.4 is 21.3 Å². The molecule has 1 saturated heterocycles. The van der Waals surface area contributed by atoms with Crippen molar-refractivity contribution in [2.75, 3.05) is 11.9 Å². The predicted molar refractivity (Wildman–Crippen MR) is 143 cm³/mol. The van der Waals surface area contributed by atoms with Crippen LogP contribution in [0.25, 0.3) is 11.1 Å². The van der Waals surface area contributed by atoms with E-state index in [2.05, 4.69) is 26.3 Å². The standard InChI is InChI=1S/C28H25ClF3N5O3/c29-23-8-7-20(10-22(23)28(30,31)32)36-27(40)24-11-21(14-34-24)37-25(38)16-3-1-15(2-4-16)17-9-18(13-33-12-17)26(39)35-19-5-6-19/h1-4,7-10,12-13,19,21,24,34H,5-6,11,14H2,(H,35,39)(H,36,40)(H,37,38)/t21-,24-/m1/s1. The second kappa shape index (κ2) is 11.3. The molecule has 0 spiro atoms. The highest BCUT2D eigenvalue weighted by molar-refractivity contribution is 6.31. The first-order valence-corrected chi connectivity index (χ1v) is 13.0. The summed E-state index contributed by atoms with van der Waals surface area (Å²) in [6, 6.07) is 10.9. The van der Waals surface area contributed by atoms with Gasteiger partial charge >= 0.3 is 6.18 Å². The maximum atomic E-state index is 13.1. The van der Waals surface area contributed by atoms with Crippen LogP contribution in [0.5, 0.6) is 0 Å². The molecule has 1 saturated carbocycles. The van der Waals surface area contributed by atoms with Crippen LogP contribution in [0, 0.1) is 0 Å². The average molecular weight is 572 g/mol. The summed E-state index contributed by atoms with van der Waals surface area (Å²) in [5.41, 5.74) is 1.35. The number of nitrogens with one attached hydrogen (secondary N) is 4. The molecule has 3 amide bonds. The Bertz CT molecular complexity index is 1440. The summed E-state index contributed by atoms with van der Waals surface area (Å²) in [5.74, 6) is -1.01. The van der Waals surface area contributed by atoms with Crippen LogP contribution in [0.1, 0.15) is 45.5 Å². The minimum Gasteiger partial charge on any atom is -0.349 e. The number of carbonyl (C=O) groups is 3. The molecule has 5 rings (SSSR count). The van der Waals surface area contributed by atoms with Gasteiger partial charge in [0.1, 0.15) is 0 Å². The number of pyridine rings is 1. The zero-order valence-corrected chi connectivity index (χ0v) is 21.8. The average Bonchev–Trinajstić information content (AvgIpc) is 3.62. The molecule has 0 bridgehead atoms. The highest BCUT2D eigenvalue weighted by atomic mass is 35.5. The number of alkyl halides is 3. The van der Waals surface area contributed by atoms with Crippen LogP contribution in [0.2, 0.25) is 5.02 Å². The van der Waals surface area contributed by atoms with Crippen molar-refractivity contribution in [3.05, 3.63) is 82.6 Å². The van der Waals surface area contributed by atoms with Gasteiger partial charge < -0.3 is 21.3 Å². The lowest BCUT2D eigenvalue weighted by atomic mass is 10.0. The number of hydrogen-bond acceptors (Lipinski definition) is 5. The molecule has 4 N–H and O–H groups in total. The van der Waals surface area contributed by atoms with Crippen molar-refractivity contribution < 1.29 is 27.6 Å². The summed E-state index contributed by atoms with van der Waals surface area (Å²) in [4.78, 5) is 41.9. The molecule has 2 aliphatic rings. The molecule has 0 radical (unpaired) electrons. The van der Waals surface area contributed by atoms with Gasteiger partial charge in [-0.3, -0.25) is 19.4 Å². The van der Waals surface area contributed by atoms with Crippen molar-refractivity contribution in [1.29, 1.82) is 0 Å². The van der Waals surface area contributed by atoms with E-state index in [1.807, 2.05) is 0 Å². The molecule has 208 valence electrons. The van der Waals surface area contributed by atoms with Crippen molar-refractivity contribution >= 4 is 35.0 Å². The highest BCUT2D eigenvalue weighted by Crippen LogP contribution is 2.36. The van der Waals surface area contributed by atoms with E-state index in [0.717, 1.165) is 36.1 Å². The molecule has 2 fully saturated rings. The first-order chi connectivity index (χ1) is 19.1. The maximum Gasteiger partial charge on any atom is 0.417 e. The molecule has 8 nitrogen and oxygen atoms in total. The quantitative estimate of drug-likeness (QED) is 0.336. The van der Waals surface area contributed by atoms with Crippen LogP contribution in [0.4, 0.5) is 18.9 Å². The molecule has 2 aromatic carbocycles. The smallest absolute Gasteiger partial charge is 0.349 e. The predicted octanol–water partition coefficient (Wildman–Crippen LogP) is 4.41. The van der Waals surface area contributed by atoms with Gasteiger partial charge in [0.15, 0.2) is 0 Å². The Morgan fingerprint density at radius 3 is 2.27 bits per heavy atom. The van der Waals surface area contributed by atoms with Crippen LogP contribution in [-0.4, -0.2) is 47.4 Å². The summed E-state index contributed by atoms with van der Waals surface area (Å²) in [6.07, 6.45) is 0.750. The summed E-state index contributed by atoms with van der Waals surface area (Å²) in [5, 5.41) is 10.8. The Labute approximate surface area is 232 Å². The summed E-state index contributed by atoms with van der Waals surface area (Å²) in [6.45, 7) is 0.317. The van der Waals surface area contributed by atoms with Crippen LogP contribution in [-0.2, 0) is 11.0 Å². The van der Waals surface area contributed by atoms with Gasteiger partial charge in [0, 0.05) is 47.8 Å². The number of aromatic nitrogens is 1. The Balaban J connectivity index is 1.15. The van der Waals surface area contributed by atoms with Crippen LogP contribution in [0.3, 0.4) is 0 Å². The van der Waals surface area contributed by atoms with E-state index >= 15 is 0 Å². The lowest BCUT2D eigenvalue weighted by molar-refractivity contribution is -0.137. The van der Waals surface area contributed by atoms with E-state index in [9.17, 15) is 27.6 Å². The molecule has 1 aliphatic heterocycles. The number of amides is 3. The maximum absolute atomic E-state index is 13.1. The monoisotopic (exact) mass is 571 g/mol. The SMILES string of the molecule is O=C(NC1CC1)c1cncc(-c2ccc(C(=O)N[C@H]3CN[C@@H](C(=O)Nc4ccc(Cl)c(C(F)(F)F)c4)C3)cc2)c1. The lowest BCUT2D eigenvalue weighted by Crippen LogP contribution is -2.36. The fourth-order valence-electron chi connectivity index (χ4n) is 4.40. The van der Waals surface area contributed by atoms with Gasteiger partial charge in [0.25, 0.3) is 11.8 Å². The third kappa shape index (κ3) is 6.60. The van der Waals surface area contributed by atoms with Gasteiger partial charge in [-0.05, 0) is 61.2 Å². The topological polar surface area (TPSA) is 112 Å². The molecule has 2 heterocycles. The lowest BCUT2D eigenvalue weighted by Gasteiger charge is -2.15. The van der Waals surface area contributed by atoms with Gasteiger partial charge in [-0.15, -0.1) is 0 Å². The van der Waals surface area contributed by atoms with Gasteiger partial charge in [-0.2, -0.15) is 13.2 Å². The second-order valence-corrected chi connectivity index (χ2v) is 10.2. The Morgan fingerprint density at radius 1 is 0.875 bits per heavy atom. The summed E-state index contributed by atoms with van der Waals surface area (Å²) < 4.78 is 39.3. The number of carbonyl (C=O) groups excluding carboxylic acids is 3. The van der Waals surface area contributed by atoms with Crippen LogP contribution >= 0.6 is 11.6 Å². The molecule has 40 heavy (non-hydrogen) atoms. The molecule has 1 aliphatic carbocycles. The first-order valence-electron chi connectivity index (χ1n) is 12.6. The van der Waals surface area contributed by atoms with Crippen LogP contribution in [0.15, 0.2) is 60.9 Å². The first kappa shape index (κ1) is 27.6. The Hall–Kier alpha value is -3.96. The second-order valence-electron chi connectivity index (χ2n) is 9.84. The summed E-state index contributed by atoms with van der Waals surface area (Å²) >= 11 is 5.63. The fourth-order valence-corrected chi connectivity index (χ4v) is 4.62. The van der Waals surface area contributed by atoms with E-state index in [1.165, 1.54) is 12.3 Å². The van der Waals surface area contributed by atoms with E-state index in [4.69, 9.17) is 11.6 Å². The fraction of sp³-hybridized carbons (Fsp3) is 0.286. The van der Waals surface area contributed by atoms with Crippen molar-refractivity contribution in [1.82, 2.24) is 20.9 Å². The normalized spacial score (nSPS) is 18.7. The van der Waals surface area contributed by atoms with Gasteiger partial charge in [0.05, 0.1) is 22.2 Å². The number of rotatable bonds is 7. The Morgan fingerprint density at radius 2 is 1.57 bits per heavy atom. The van der Waals surface area contributed by atoms with Crippen molar-refractivity contribution in [2.24, 2.45) is 0 Å². The third-order valence-electron chi connectivity index (χ3n) is 6.72. The Kier molecular flexibility index (Phi) is 7.77. The molecule has 1 aromatic heterocycles. The molecule has 12 heteroatoms. The number of halogens is 4. The van der Waals surface area contributed by atoms with E-state index in [-0.39, 0.29) is 36.0 Å². The largest absolute Gasteiger partial charge is 0.417 e. The van der Waals surface area contributed by atoms with Gasteiger partial charge in [-0.25, -0.2) is 0 Å². The van der Waals surface area contributed by atoms with E-state index in [0.29, 0.717) is 17.7 Å². The van der Waals surface area contributed by atoms with Crippen molar-refractivity contribution in [3.63, 3.8) is 0 Å². The molecule has 2 atom stereocenters. The van der Waals surface area contributed by atoms with Gasteiger partial charge in [0.2, 0.25) is 5.91 Å². The highest BCUT2D eigenvalue weighted by Gasteiger charge is 2.34. The van der Waals surface area contributed by atoms with E-state index in [1.54, 1.807) is 36.5 Å². The number of nitrogens with zero attached hydrogens (tertiary/aromatic N) is 1. The number of hydrogen-bond donors (Lipinski definition) is 4. The van der Waals surface area contributed by atoms with Gasteiger partial charge in [-0.1, -0.05) is 23.7 Å². The minimum atomic E-state index is -4.65. The number of anilines is 1. The summed E-state index contributed by atoms with van der Waals surface area (Å²) in [7, 11) is 0. The van der Waals surface area contributed by atoms with E-state index < -0.39 is 28.7 Å². The zero-order valence-electron chi connectivity index (χ0n) is 21.0. The minimum absolute atomic E-state index is 0.0274. The van der Waals surface area contributed by atoms with Crippen molar-refractivity contribution in [2.45, 2.75) is 43.6 Å². The molecule has 3 aromatic rings. The third-order valence-corrected chi connectivity index (χ3v) is 7.04. The molecular formula is C28H25ClF3N5O3. The molecule has 0 unspecified atom stereocenters. The van der Waals surface area contributed by atoms with Crippen molar-refractivity contribution in [3.8, 4) is 11.1 Å². The molecular weight excluding hydrogens is 547 g/mol. The zero-order chi connectivity index (χ0) is 28.4.